The largest absolute Gasteiger partial charge is 0.362 e. The number of aliphatic hydroxyl groups is 2. The van der Waals surface area contributed by atoms with Crippen LogP contribution in [0, 0.1) is 6.92 Å². The lowest BCUT2D eigenvalue weighted by molar-refractivity contribution is -0.114. The van der Waals surface area contributed by atoms with Crippen LogP contribution in [0.15, 0.2) is 12.7 Å². The molecule has 2 heteroatoms. The van der Waals surface area contributed by atoms with Crippen LogP contribution in [0.1, 0.15) is 6.42 Å². The van der Waals surface area contributed by atoms with E-state index < -0.39 is 5.79 Å². The van der Waals surface area contributed by atoms with Gasteiger partial charge in [0, 0.05) is 6.42 Å². The van der Waals surface area contributed by atoms with Gasteiger partial charge in [-0.1, -0.05) is 6.58 Å². The Balaban J connectivity index is 3.58. The summed E-state index contributed by atoms with van der Waals surface area (Å²) >= 11 is 0. The van der Waals surface area contributed by atoms with Crippen molar-refractivity contribution < 1.29 is 10.2 Å². The summed E-state index contributed by atoms with van der Waals surface area (Å²) in [5, 5.41) is 17.0. The second kappa shape index (κ2) is 2.09. The topological polar surface area (TPSA) is 40.5 Å². The van der Waals surface area contributed by atoms with E-state index in [1.807, 2.05) is 0 Å². The Labute approximate surface area is 43.1 Å². The molecule has 0 atom stereocenters. The molecule has 1 radical (unpaired) electrons. The average Bonchev–Trinajstić information content (AvgIpc) is 1.68. The Kier molecular flexibility index (Phi) is 1.99. The van der Waals surface area contributed by atoms with Crippen molar-refractivity contribution in [2.45, 2.75) is 12.2 Å². The Morgan fingerprint density at radius 2 is 2.00 bits per heavy atom. The predicted octanol–water partition coefficient (Wildman–Crippen LogP) is 0.0775. The summed E-state index contributed by atoms with van der Waals surface area (Å²) in [7, 11) is 0. The highest BCUT2D eigenvalue weighted by molar-refractivity contribution is 4.85. The van der Waals surface area contributed by atoms with Gasteiger partial charge in [0.2, 0.25) is 0 Å². The van der Waals surface area contributed by atoms with Gasteiger partial charge in [-0.15, -0.1) is 0 Å². The molecule has 0 fully saturated rings. The number of hydrogen-bond donors (Lipinski definition) is 2. The third-order valence-electron chi connectivity index (χ3n) is 0.695. The highest BCUT2D eigenvalue weighted by Crippen LogP contribution is 2.02. The van der Waals surface area contributed by atoms with Crippen LogP contribution in [0.4, 0.5) is 0 Å². The average molecular weight is 101 g/mol. The summed E-state index contributed by atoms with van der Waals surface area (Å²) in [6, 6.07) is 0. The summed E-state index contributed by atoms with van der Waals surface area (Å²) in [6.45, 7) is 6.42. The fourth-order valence-corrected chi connectivity index (χ4v) is 0.102. The molecular formula is C5H9O2. The summed E-state index contributed by atoms with van der Waals surface area (Å²) in [5.74, 6) is -1.76. The molecule has 0 aromatic heterocycles. The van der Waals surface area contributed by atoms with Crippen LogP contribution in [0.5, 0.6) is 0 Å². The van der Waals surface area contributed by atoms with E-state index in [-0.39, 0.29) is 6.42 Å². The van der Waals surface area contributed by atoms with Crippen molar-refractivity contribution in [3.63, 3.8) is 0 Å². The van der Waals surface area contributed by atoms with Crippen molar-refractivity contribution in [1.29, 1.82) is 0 Å². The fraction of sp³-hybridized carbons (Fsp3) is 0.400. The van der Waals surface area contributed by atoms with Gasteiger partial charge in [0.15, 0.2) is 5.79 Å². The first-order chi connectivity index (χ1) is 3.12. The van der Waals surface area contributed by atoms with Crippen molar-refractivity contribution in [1.82, 2.24) is 0 Å². The van der Waals surface area contributed by atoms with Gasteiger partial charge in [-0.2, -0.15) is 0 Å². The van der Waals surface area contributed by atoms with Gasteiger partial charge in [-0.25, -0.2) is 0 Å². The molecule has 0 aliphatic heterocycles. The lowest BCUT2D eigenvalue weighted by Crippen LogP contribution is -2.22. The van der Waals surface area contributed by atoms with E-state index in [1.54, 1.807) is 0 Å². The quantitative estimate of drug-likeness (QED) is 0.382. The Bertz CT molecular complexity index is 66.5. The monoisotopic (exact) mass is 101 g/mol. The van der Waals surface area contributed by atoms with Crippen LogP contribution in [0.25, 0.3) is 0 Å². The highest BCUT2D eigenvalue weighted by atomic mass is 16.5. The highest BCUT2D eigenvalue weighted by Gasteiger charge is 2.12. The normalized spacial score (nSPS) is 11.3. The third-order valence-corrected chi connectivity index (χ3v) is 0.695. The van der Waals surface area contributed by atoms with E-state index in [0.717, 1.165) is 6.08 Å². The zero-order valence-electron chi connectivity index (χ0n) is 4.09. The van der Waals surface area contributed by atoms with Crippen molar-refractivity contribution in [3.05, 3.63) is 19.6 Å². The van der Waals surface area contributed by atoms with Crippen LogP contribution < -0.4 is 0 Å². The van der Waals surface area contributed by atoms with Crippen molar-refractivity contribution in [2.24, 2.45) is 0 Å². The van der Waals surface area contributed by atoms with E-state index in [2.05, 4.69) is 13.5 Å². The molecule has 0 rings (SSSR count). The van der Waals surface area contributed by atoms with Gasteiger partial charge in [-0.3, -0.25) is 0 Å². The maximum atomic E-state index is 8.51. The molecule has 2 nitrogen and oxygen atoms in total. The van der Waals surface area contributed by atoms with Crippen LogP contribution in [0.2, 0.25) is 0 Å². The van der Waals surface area contributed by atoms with Gasteiger partial charge in [0.05, 0.1) is 0 Å². The number of hydrogen-bond acceptors (Lipinski definition) is 2. The second-order valence-electron chi connectivity index (χ2n) is 1.33. The predicted molar refractivity (Wildman–Crippen MR) is 27.3 cm³/mol. The standard InChI is InChI=1S/C5H9O2/c1-3-5(6,7)4-2/h3,6-7H,1-2,4H2. The van der Waals surface area contributed by atoms with Gasteiger partial charge in [0.1, 0.15) is 0 Å². The van der Waals surface area contributed by atoms with Crippen molar-refractivity contribution in [2.75, 3.05) is 0 Å². The molecule has 0 bridgehead atoms. The molecule has 7 heavy (non-hydrogen) atoms. The van der Waals surface area contributed by atoms with Crippen molar-refractivity contribution >= 4 is 0 Å². The van der Waals surface area contributed by atoms with Gasteiger partial charge < -0.3 is 10.2 Å². The molecule has 41 valence electrons. The summed E-state index contributed by atoms with van der Waals surface area (Å²) in [4.78, 5) is 0. The number of rotatable bonds is 2. The molecule has 0 aliphatic carbocycles. The van der Waals surface area contributed by atoms with E-state index in [4.69, 9.17) is 10.2 Å². The van der Waals surface area contributed by atoms with Crippen molar-refractivity contribution in [3.8, 4) is 0 Å². The lowest BCUT2D eigenvalue weighted by Gasteiger charge is -2.11. The van der Waals surface area contributed by atoms with E-state index in [1.165, 1.54) is 0 Å². The minimum atomic E-state index is -1.76. The molecule has 0 aromatic rings. The molecule has 0 saturated carbocycles. The fourth-order valence-electron chi connectivity index (χ4n) is 0.102. The summed E-state index contributed by atoms with van der Waals surface area (Å²) in [5.41, 5.74) is 0. The SMILES string of the molecule is [CH2]CC(O)(O)C=C. The molecule has 0 unspecified atom stereocenters. The molecule has 0 spiro atoms. The maximum absolute atomic E-state index is 8.51. The molecule has 0 aromatic carbocycles. The first-order valence-electron chi connectivity index (χ1n) is 2.00. The molecular weight excluding hydrogens is 92.1 g/mol. The molecule has 2 N–H and O–H groups in total. The Morgan fingerprint density at radius 1 is 1.57 bits per heavy atom. The minimum Gasteiger partial charge on any atom is -0.362 e. The molecule has 0 heterocycles. The summed E-state index contributed by atoms with van der Waals surface area (Å²) < 4.78 is 0. The van der Waals surface area contributed by atoms with Crippen LogP contribution >= 0.6 is 0 Å². The zero-order valence-corrected chi connectivity index (χ0v) is 4.09. The van der Waals surface area contributed by atoms with Crippen LogP contribution in [0.3, 0.4) is 0 Å². The molecule has 0 aliphatic rings. The molecule has 0 amide bonds. The van der Waals surface area contributed by atoms with Gasteiger partial charge in [-0.05, 0) is 13.0 Å². The first kappa shape index (κ1) is 6.66. The Hall–Kier alpha value is -0.340. The van der Waals surface area contributed by atoms with E-state index in [9.17, 15) is 0 Å². The first-order valence-corrected chi connectivity index (χ1v) is 2.00. The summed E-state index contributed by atoms with van der Waals surface area (Å²) in [6.07, 6.45) is 1.08. The lowest BCUT2D eigenvalue weighted by atomic mass is 10.2. The van der Waals surface area contributed by atoms with E-state index in [0.29, 0.717) is 0 Å². The smallest absolute Gasteiger partial charge is 0.182 e. The zero-order chi connectivity index (χ0) is 5.91. The molecule has 0 saturated heterocycles. The van der Waals surface area contributed by atoms with Crippen LogP contribution in [-0.2, 0) is 0 Å². The second-order valence-corrected chi connectivity index (χ2v) is 1.33. The maximum Gasteiger partial charge on any atom is 0.182 e. The third kappa shape index (κ3) is 2.37. The Morgan fingerprint density at radius 3 is 2.00 bits per heavy atom. The van der Waals surface area contributed by atoms with Gasteiger partial charge >= 0.3 is 0 Å². The van der Waals surface area contributed by atoms with Crippen LogP contribution in [-0.4, -0.2) is 16.0 Å². The van der Waals surface area contributed by atoms with E-state index >= 15 is 0 Å². The van der Waals surface area contributed by atoms with Gasteiger partial charge in [0.25, 0.3) is 0 Å². The minimum absolute atomic E-state index is 0.0382.